The second-order valence-electron chi connectivity index (χ2n) is 3.99. The van der Waals surface area contributed by atoms with Gasteiger partial charge in [0.2, 0.25) is 0 Å². The van der Waals surface area contributed by atoms with E-state index in [1.165, 1.54) is 6.07 Å². The van der Waals surface area contributed by atoms with Crippen LogP contribution in [0, 0.1) is 12.7 Å². The molecule has 1 heterocycles. The average Bonchev–Trinajstić information content (AvgIpc) is 2.71. The van der Waals surface area contributed by atoms with Crippen molar-refractivity contribution in [3.05, 3.63) is 42.0 Å². The van der Waals surface area contributed by atoms with Crippen molar-refractivity contribution in [3.63, 3.8) is 0 Å². The summed E-state index contributed by atoms with van der Waals surface area (Å²) < 4.78 is 20.8. The number of aromatic nitrogens is 2. The first-order valence-corrected chi connectivity index (χ1v) is 5.87. The molecule has 1 aromatic carbocycles. The van der Waals surface area contributed by atoms with Crippen molar-refractivity contribution in [3.8, 4) is 11.5 Å². The fourth-order valence-electron chi connectivity index (χ4n) is 1.64. The maximum atomic E-state index is 13.4. The zero-order valence-electron chi connectivity index (χ0n) is 10.3. The van der Waals surface area contributed by atoms with E-state index in [2.05, 4.69) is 5.10 Å². The van der Waals surface area contributed by atoms with E-state index in [1.807, 2.05) is 11.6 Å². The molecule has 0 bridgehead atoms. The van der Waals surface area contributed by atoms with Gasteiger partial charge >= 0.3 is 0 Å². The topological polar surface area (TPSA) is 53.1 Å². The highest BCUT2D eigenvalue weighted by Crippen LogP contribution is 2.26. The Hall–Kier alpha value is -1.88. The number of hydrogen-bond donors (Lipinski definition) is 1. The maximum absolute atomic E-state index is 13.4. The lowest BCUT2D eigenvalue weighted by atomic mass is 10.3. The van der Waals surface area contributed by atoms with Gasteiger partial charge in [-0.1, -0.05) is 12.1 Å². The third-order valence-electron chi connectivity index (χ3n) is 2.69. The summed E-state index contributed by atoms with van der Waals surface area (Å²) in [5, 5.41) is 4.19. The van der Waals surface area contributed by atoms with E-state index in [1.54, 1.807) is 24.4 Å². The fraction of sp³-hybridized carbons (Fsp3) is 0.308. The molecule has 2 N–H and O–H groups in total. The molecule has 1 aromatic heterocycles. The third kappa shape index (κ3) is 2.68. The number of nitrogens with zero attached hydrogens (tertiary/aromatic N) is 2. The Bertz CT molecular complexity index is 525. The number of para-hydroxylation sites is 1. The Morgan fingerprint density at radius 1 is 1.33 bits per heavy atom. The van der Waals surface area contributed by atoms with Gasteiger partial charge in [-0.3, -0.25) is 4.68 Å². The van der Waals surface area contributed by atoms with E-state index in [0.717, 1.165) is 18.7 Å². The van der Waals surface area contributed by atoms with E-state index in [0.29, 0.717) is 12.3 Å². The van der Waals surface area contributed by atoms with Crippen molar-refractivity contribution in [1.29, 1.82) is 0 Å². The normalized spacial score (nSPS) is 10.6. The van der Waals surface area contributed by atoms with Crippen LogP contribution < -0.4 is 10.5 Å². The van der Waals surface area contributed by atoms with Crippen LogP contribution in [0.3, 0.4) is 0 Å². The number of benzene rings is 1. The largest absolute Gasteiger partial charge is 0.451 e. The molecule has 0 aliphatic heterocycles. The summed E-state index contributed by atoms with van der Waals surface area (Å²) in [7, 11) is 0. The van der Waals surface area contributed by atoms with Crippen molar-refractivity contribution >= 4 is 0 Å². The smallest absolute Gasteiger partial charge is 0.168 e. The molecule has 0 amide bonds. The Morgan fingerprint density at radius 2 is 2.11 bits per heavy atom. The van der Waals surface area contributed by atoms with E-state index in [4.69, 9.17) is 10.5 Å². The molecule has 0 radical (unpaired) electrons. The van der Waals surface area contributed by atoms with Gasteiger partial charge in [0.15, 0.2) is 17.3 Å². The summed E-state index contributed by atoms with van der Waals surface area (Å²) in [5.41, 5.74) is 6.32. The Kier molecular flexibility index (Phi) is 3.94. The molecule has 4 nitrogen and oxygen atoms in total. The minimum atomic E-state index is -0.383. The van der Waals surface area contributed by atoms with E-state index >= 15 is 0 Å². The number of aryl methyl sites for hydroxylation is 1. The van der Waals surface area contributed by atoms with Crippen LogP contribution in [0.4, 0.5) is 4.39 Å². The van der Waals surface area contributed by atoms with Gasteiger partial charge < -0.3 is 10.5 Å². The van der Waals surface area contributed by atoms with Crippen molar-refractivity contribution in [2.24, 2.45) is 5.73 Å². The van der Waals surface area contributed by atoms with Crippen LogP contribution in [0.5, 0.6) is 11.5 Å². The molecule has 2 aromatic rings. The molecule has 5 heteroatoms. The molecule has 18 heavy (non-hydrogen) atoms. The molecule has 0 saturated heterocycles. The quantitative estimate of drug-likeness (QED) is 0.885. The highest BCUT2D eigenvalue weighted by molar-refractivity contribution is 5.33. The Morgan fingerprint density at radius 3 is 2.83 bits per heavy atom. The van der Waals surface area contributed by atoms with Crippen LogP contribution in [0.25, 0.3) is 0 Å². The van der Waals surface area contributed by atoms with Crippen LogP contribution in [0.2, 0.25) is 0 Å². The lowest BCUT2D eigenvalue weighted by Gasteiger charge is -2.06. The highest BCUT2D eigenvalue weighted by Gasteiger charge is 2.10. The van der Waals surface area contributed by atoms with Crippen molar-refractivity contribution in [1.82, 2.24) is 9.78 Å². The Labute approximate surface area is 105 Å². The average molecular weight is 249 g/mol. The molecular formula is C13H16FN3O. The molecular weight excluding hydrogens is 233 g/mol. The lowest BCUT2D eigenvalue weighted by molar-refractivity contribution is 0.437. The molecule has 96 valence electrons. The SMILES string of the molecule is Cc1c(Oc2ccccc2F)cnn1CCCN. The van der Waals surface area contributed by atoms with Crippen LogP contribution in [-0.4, -0.2) is 16.3 Å². The zero-order chi connectivity index (χ0) is 13.0. The summed E-state index contributed by atoms with van der Waals surface area (Å²) in [6.07, 6.45) is 2.44. The van der Waals surface area contributed by atoms with Crippen molar-refractivity contribution in [2.45, 2.75) is 19.9 Å². The standard InChI is InChI=1S/C13H16FN3O/c1-10-13(9-16-17(10)8-4-7-15)18-12-6-3-2-5-11(12)14/h2-3,5-6,9H,4,7-8,15H2,1H3. The van der Waals surface area contributed by atoms with Gasteiger partial charge in [-0.25, -0.2) is 4.39 Å². The highest BCUT2D eigenvalue weighted by atomic mass is 19.1. The lowest BCUT2D eigenvalue weighted by Crippen LogP contribution is -2.08. The van der Waals surface area contributed by atoms with Crippen LogP contribution in [0.15, 0.2) is 30.5 Å². The van der Waals surface area contributed by atoms with E-state index in [9.17, 15) is 4.39 Å². The predicted octanol–water partition coefficient (Wildman–Crippen LogP) is 2.47. The number of rotatable bonds is 5. The van der Waals surface area contributed by atoms with Crippen LogP contribution in [-0.2, 0) is 6.54 Å². The summed E-state index contributed by atoms with van der Waals surface area (Å²) in [4.78, 5) is 0. The zero-order valence-corrected chi connectivity index (χ0v) is 10.3. The molecule has 0 spiro atoms. The van der Waals surface area contributed by atoms with Gasteiger partial charge in [-0.05, 0) is 32.0 Å². The van der Waals surface area contributed by atoms with Gasteiger partial charge in [-0.2, -0.15) is 5.10 Å². The minimum absolute atomic E-state index is 0.207. The summed E-state index contributed by atoms with van der Waals surface area (Å²) in [5.74, 6) is 0.391. The molecule has 0 aliphatic carbocycles. The van der Waals surface area contributed by atoms with E-state index in [-0.39, 0.29) is 11.6 Å². The van der Waals surface area contributed by atoms with Crippen molar-refractivity contribution in [2.75, 3.05) is 6.54 Å². The molecule has 0 saturated carbocycles. The van der Waals surface area contributed by atoms with Gasteiger partial charge in [0.25, 0.3) is 0 Å². The number of hydrogen-bond acceptors (Lipinski definition) is 3. The minimum Gasteiger partial charge on any atom is -0.451 e. The van der Waals surface area contributed by atoms with Gasteiger partial charge in [0.05, 0.1) is 11.9 Å². The number of ether oxygens (including phenoxy) is 1. The number of halogens is 1. The van der Waals surface area contributed by atoms with Crippen molar-refractivity contribution < 1.29 is 9.13 Å². The second-order valence-corrected chi connectivity index (χ2v) is 3.99. The molecule has 0 atom stereocenters. The predicted molar refractivity (Wildman–Crippen MR) is 67.1 cm³/mol. The van der Waals surface area contributed by atoms with Crippen LogP contribution >= 0.6 is 0 Å². The summed E-state index contributed by atoms with van der Waals surface area (Å²) >= 11 is 0. The summed E-state index contributed by atoms with van der Waals surface area (Å²) in [6.45, 7) is 3.24. The monoisotopic (exact) mass is 249 g/mol. The fourth-order valence-corrected chi connectivity index (χ4v) is 1.64. The first-order valence-electron chi connectivity index (χ1n) is 5.87. The first-order chi connectivity index (χ1) is 8.72. The Balaban J connectivity index is 2.15. The summed E-state index contributed by atoms with van der Waals surface area (Å²) in [6, 6.07) is 6.31. The molecule has 0 fully saturated rings. The molecule has 0 unspecified atom stereocenters. The molecule has 0 aliphatic rings. The first kappa shape index (κ1) is 12.6. The van der Waals surface area contributed by atoms with Gasteiger partial charge in [0, 0.05) is 6.54 Å². The maximum Gasteiger partial charge on any atom is 0.168 e. The van der Waals surface area contributed by atoms with E-state index < -0.39 is 0 Å². The molecule has 2 rings (SSSR count). The van der Waals surface area contributed by atoms with Gasteiger partial charge in [-0.15, -0.1) is 0 Å². The third-order valence-corrected chi connectivity index (χ3v) is 2.69. The second kappa shape index (κ2) is 5.64. The van der Waals surface area contributed by atoms with Gasteiger partial charge in [0.1, 0.15) is 0 Å². The number of nitrogens with two attached hydrogens (primary N) is 1. The van der Waals surface area contributed by atoms with Crippen LogP contribution in [0.1, 0.15) is 12.1 Å².